The largest absolute Gasteiger partial charge is 0.419 e. The molecule has 0 fully saturated rings. The molecule has 0 saturated carbocycles. The zero-order chi connectivity index (χ0) is 17.2. The molecule has 0 N–H and O–H groups in total. The summed E-state index contributed by atoms with van der Waals surface area (Å²) >= 11 is 6.20. The van der Waals surface area contributed by atoms with E-state index in [1.807, 2.05) is 20.8 Å². The molecule has 5 heteroatoms. The van der Waals surface area contributed by atoms with E-state index in [4.69, 9.17) is 16.3 Å². The Kier molecular flexibility index (Phi) is 4.95. The van der Waals surface area contributed by atoms with Crippen LogP contribution in [0.3, 0.4) is 0 Å². The average Bonchev–Trinajstić information content (AvgIpc) is 2.48. The highest BCUT2D eigenvalue weighted by atomic mass is 35.5. The fourth-order valence-electron chi connectivity index (χ4n) is 2.08. The van der Waals surface area contributed by atoms with E-state index in [0.29, 0.717) is 16.5 Å². The summed E-state index contributed by atoms with van der Waals surface area (Å²) in [7, 11) is 1.57. The van der Waals surface area contributed by atoms with Crippen LogP contribution in [0, 0.1) is 5.82 Å². The number of ether oxygens (including phenoxy) is 1. The molecule has 0 bridgehead atoms. The topological polar surface area (TPSA) is 29.5 Å². The van der Waals surface area contributed by atoms with Crippen LogP contribution in [0.1, 0.15) is 26.3 Å². The van der Waals surface area contributed by atoms with E-state index < -0.39 is 6.09 Å². The van der Waals surface area contributed by atoms with Gasteiger partial charge in [-0.05, 0) is 53.4 Å². The highest BCUT2D eigenvalue weighted by Gasteiger charge is 2.20. The zero-order valence-electron chi connectivity index (χ0n) is 13.6. The summed E-state index contributed by atoms with van der Waals surface area (Å²) in [6.45, 7) is 6.10. The molecule has 122 valence electrons. The van der Waals surface area contributed by atoms with Gasteiger partial charge in [0.2, 0.25) is 0 Å². The van der Waals surface area contributed by atoms with Crippen molar-refractivity contribution in [2.45, 2.75) is 26.2 Å². The van der Waals surface area contributed by atoms with Gasteiger partial charge < -0.3 is 4.74 Å². The Hall–Kier alpha value is -2.07. The quantitative estimate of drug-likeness (QED) is 0.734. The van der Waals surface area contributed by atoms with Gasteiger partial charge in [-0.1, -0.05) is 32.4 Å². The molecule has 0 unspecified atom stereocenters. The molecule has 2 rings (SSSR count). The summed E-state index contributed by atoms with van der Waals surface area (Å²) in [5.41, 5.74) is 1.28. The van der Waals surface area contributed by atoms with Gasteiger partial charge in [0.15, 0.2) is 0 Å². The third kappa shape index (κ3) is 4.23. The van der Waals surface area contributed by atoms with Gasteiger partial charge in [0.05, 0.1) is 0 Å². The van der Waals surface area contributed by atoms with Gasteiger partial charge >= 0.3 is 6.09 Å². The predicted octanol–water partition coefficient (Wildman–Crippen LogP) is 5.41. The van der Waals surface area contributed by atoms with Gasteiger partial charge in [0, 0.05) is 17.8 Å². The normalized spacial score (nSPS) is 11.2. The van der Waals surface area contributed by atoms with Crippen molar-refractivity contribution in [3.8, 4) is 5.75 Å². The lowest BCUT2D eigenvalue weighted by molar-refractivity contribution is 0.209. The monoisotopic (exact) mass is 335 g/mol. The Bertz CT molecular complexity index is 708. The number of carbonyl (C=O) groups is 1. The van der Waals surface area contributed by atoms with Crippen LogP contribution < -0.4 is 9.64 Å². The highest BCUT2D eigenvalue weighted by Crippen LogP contribution is 2.32. The average molecular weight is 336 g/mol. The van der Waals surface area contributed by atoms with Crippen molar-refractivity contribution in [3.05, 3.63) is 58.9 Å². The number of benzene rings is 2. The summed E-state index contributed by atoms with van der Waals surface area (Å²) in [4.78, 5) is 13.5. The van der Waals surface area contributed by atoms with Gasteiger partial charge in [0.25, 0.3) is 0 Å². The first-order chi connectivity index (χ1) is 10.7. The van der Waals surface area contributed by atoms with Gasteiger partial charge in [-0.15, -0.1) is 0 Å². The summed E-state index contributed by atoms with van der Waals surface area (Å²) in [5, 5.41) is 0.629. The number of rotatable bonds is 2. The fourth-order valence-corrected chi connectivity index (χ4v) is 2.48. The summed E-state index contributed by atoms with van der Waals surface area (Å²) in [6, 6.07) is 10.7. The number of amides is 1. The molecule has 0 aliphatic carbocycles. The van der Waals surface area contributed by atoms with E-state index >= 15 is 0 Å². The number of nitrogens with zero attached hydrogens (tertiary/aromatic N) is 1. The molecular weight excluding hydrogens is 317 g/mol. The second kappa shape index (κ2) is 6.59. The van der Waals surface area contributed by atoms with Gasteiger partial charge in [-0.25, -0.2) is 9.18 Å². The number of carbonyl (C=O) groups excluding carboxylic acids is 1. The molecule has 23 heavy (non-hydrogen) atoms. The molecule has 1 amide bonds. The molecule has 0 aliphatic heterocycles. The maximum atomic E-state index is 12.9. The lowest BCUT2D eigenvalue weighted by Crippen LogP contribution is -2.29. The molecule has 0 aliphatic rings. The maximum Gasteiger partial charge on any atom is 0.419 e. The van der Waals surface area contributed by atoms with Crippen LogP contribution in [0.5, 0.6) is 5.75 Å². The maximum absolute atomic E-state index is 12.9. The number of hydrogen-bond acceptors (Lipinski definition) is 2. The van der Waals surface area contributed by atoms with E-state index in [1.165, 1.54) is 29.2 Å². The first-order valence-electron chi connectivity index (χ1n) is 7.19. The second-order valence-corrected chi connectivity index (χ2v) is 6.70. The molecule has 0 heterocycles. The molecule has 2 aromatic carbocycles. The Morgan fingerprint density at radius 2 is 1.74 bits per heavy atom. The minimum atomic E-state index is -0.557. The van der Waals surface area contributed by atoms with Crippen molar-refractivity contribution >= 4 is 23.4 Å². The van der Waals surface area contributed by atoms with Gasteiger partial charge in [0.1, 0.15) is 11.6 Å². The third-order valence-electron chi connectivity index (χ3n) is 3.44. The number of hydrogen-bond donors (Lipinski definition) is 0. The minimum Gasteiger partial charge on any atom is -0.410 e. The Labute approximate surface area is 140 Å². The van der Waals surface area contributed by atoms with Crippen LogP contribution in [0.15, 0.2) is 42.5 Å². The van der Waals surface area contributed by atoms with Crippen LogP contribution >= 0.6 is 11.6 Å². The second-order valence-electron chi connectivity index (χ2n) is 6.30. The molecule has 0 radical (unpaired) electrons. The molecule has 2 aromatic rings. The molecule has 0 atom stereocenters. The molecule has 3 nitrogen and oxygen atoms in total. The lowest BCUT2D eigenvalue weighted by Gasteiger charge is -2.22. The van der Waals surface area contributed by atoms with Crippen molar-refractivity contribution in [1.82, 2.24) is 0 Å². The van der Waals surface area contributed by atoms with E-state index in [1.54, 1.807) is 25.2 Å². The van der Waals surface area contributed by atoms with Crippen LogP contribution in [0.25, 0.3) is 0 Å². The highest BCUT2D eigenvalue weighted by molar-refractivity contribution is 6.31. The minimum absolute atomic E-state index is 0.164. The van der Waals surface area contributed by atoms with E-state index in [0.717, 1.165) is 5.56 Å². The first-order valence-corrected chi connectivity index (χ1v) is 7.57. The van der Waals surface area contributed by atoms with Crippen LogP contribution in [-0.2, 0) is 5.41 Å². The standard InChI is InChI=1S/C18H19ClFNO2/c1-18(2,3)15-11-14(9-10-16(15)19)23-17(22)21(4)13-7-5-12(20)6-8-13/h5-11H,1-4H3. The van der Waals surface area contributed by atoms with Crippen LogP contribution in [-0.4, -0.2) is 13.1 Å². The fraction of sp³-hybridized carbons (Fsp3) is 0.278. The van der Waals surface area contributed by atoms with E-state index in [-0.39, 0.29) is 11.2 Å². The summed E-state index contributed by atoms with van der Waals surface area (Å²) in [6.07, 6.45) is -0.557. The third-order valence-corrected chi connectivity index (χ3v) is 3.77. The first kappa shape index (κ1) is 17.3. The summed E-state index contributed by atoms with van der Waals surface area (Å²) in [5.74, 6) is 0.0568. The van der Waals surface area contributed by atoms with Gasteiger partial charge in [-0.2, -0.15) is 0 Å². The van der Waals surface area contributed by atoms with Crippen molar-refractivity contribution in [2.75, 3.05) is 11.9 Å². The Balaban J connectivity index is 2.18. The molecule has 0 spiro atoms. The Morgan fingerprint density at radius 1 is 1.13 bits per heavy atom. The molecule has 0 aromatic heterocycles. The number of anilines is 1. The molecule has 0 saturated heterocycles. The van der Waals surface area contributed by atoms with Gasteiger partial charge in [-0.3, -0.25) is 4.90 Å². The van der Waals surface area contributed by atoms with Crippen molar-refractivity contribution < 1.29 is 13.9 Å². The van der Waals surface area contributed by atoms with Crippen LogP contribution in [0.4, 0.5) is 14.9 Å². The predicted molar refractivity (Wildman–Crippen MR) is 91.0 cm³/mol. The summed E-state index contributed by atoms with van der Waals surface area (Å²) < 4.78 is 18.3. The Morgan fingerprint density at radius 3 is 2.30 bits per heavy atom. The smallest absolute Gasteiger partial charge is 0.410 e. The van der Waals surface area contributed by atoms with Crippen LogP contribution in [0.2, 0.25) is 5.02 Å². The number of halogens is 2. The van der Waals surface area contributed by atoms with Crippen molar-refractivity contribution in [2.24, 2.45) is 0 Å². The van der Waals surface area contributed by atoms with E-state index in [9.17, 15) is 9.18 Å². The zero-order valence-corrected chi connectivity index (χ0v) is 14.3. The van der Waals surface area contributed by atoms with Crippen molar-refractivity contribution in [3.63, 3.8) is 0 Å². The lowest BCUT2D eigenvalue weighted by atomic mass is 9.87. The SMILES string of the molecule is CN(C(=O)Oc1ccc(Cl)c(C(C)(C)C)c1)c1ccc(F)cc1. The van der Waals surface area contributed by atoms with Crippen molar-refractivity contribution in [1.29, 1.82) is 0 Å². The molecular formula is C18H19ClFNO2. The van der Waals surface area contributed by atoms with E-state index in [2.05, 4.69) is 0 Å².